The summed E-state index contributed by atoms with van der Waals surface area (Å²) in [5, 5.41) is 9.67. The number of para-hydroxylation sites is 1. The number of aromatic amines is 1. The molecule has 25 heavy (non-hydrogen) atoms. The number of aromatic nitrogens is 2. The van der Waals surface area contributed by atoms with E-state index in [2.05, 4.69) is 15.5 Å². The van der Waals surface area contributed by atoms with Crippen LogP contribution in [0.3, 0.4) is 0 Å². The van der Waals surface area contributed by atoms with Crippen molar-refractivity contribution in [2.75, 3.05) is 20.3 Å². The van der Waals surface area contributed by atoms with Gasteiger partial charge in [-0.2, -0.15) is 5.10 Å². The topological polar surface area (TPSA) is 79.5 Å². The molecular weight excluding hydrogens is 320 g/mol. The number of urea groups is 1. The molecule has 2 N–H and O–H groups in total. The Morgan fingerprint density at radius 2 is 2.32 bits per heavy atom. The molecule has 0 spiro atoms. The van der Waals surface area contributed by atoms with Crippen molar-refractivity contribution in [2.45, 2.75) is 32.0 Å². The van der Waals surface area contributed by atoms with Gasteiger partial charge in [-0.15, -0.1) is 0 Å². The van der Waals surface area contributed by atoms with Crippen LogP contribution in [0.1, 0.15) is 24.1 Å². The van der Waals surface area contributed by atoms with Crippen molar-refractivity contribution in [3.05, 3.63) is 47.8 Å². The second-order valence-corrected chi connectivity index (χ2v) is 6.07. The van der Waals surface area contributed by atoms with E-state index >= 15 is 0 Å². The van der Waals surface area contributed by atoms with Crippen LogP contribution >= 0.6 is 0 Å². The van der Waals surface area contributed by atoms with E-state index < -0.39 is 0 Å². The Hall–Kier alpha value is -2.54. The summed E-state index contributed by atoms with van der Waals surface area (Å²) in [5.74, 6) is 0.779. The second-order valence-electron chi connectivity index (χ2n) is 6.07. The molecule has 1 atom stereocenters. The number of nitrogens with zero attached hydrogens (tertiary/aromatic N) is 2. The molecule has 1 saturated heterocycles. The summed E-state index contributed by atoms with van der Waals surface area (Å²) in [6, 6.07) is 9.46. The molecule has 2 aromatic rings. The molecule has 0 aliphatic carbocycles. The fourth-order valence-corrected chi connectivity index (χ4v) is 2.96. The van der Waals surface area contributed by atoms with Crippen LogP contribution in [-0.2, 0) is 17.8 Å². The summed E-state index contributed by atoms with van der Waals surface area (Å²) in [6.07, 6.45) is 3.78. The Kier molecular flexibility index (Phi) is 5.90. The van der Waals surface area contributed by atoms with Crippen LogP contribution in [0.4, 0.5) is 4.79 Å². The third-order valence-electron chi connectivity index (χ3n) is 4.28. The first kappa shape index (κ1) is 17.3. The summed E-state index contributed by atoms with van der Waals surface area (Å²) in [5.41, 5.74) is 1.84. The minimum absolute atomic E-state index is 0.0904. The van der Waals surface area contributed by atoms with Crippen LogP contribution in [0.2, 0.25) is 0 Å². The van der Waals surface area contributed by atoms with Crippen LogP contribution in [0.25, 0.3) is 0 Å². The molecule has 0 bridgehead atoms. The van der Waals surface area contributed by atoms with Gasteiger partial charge in [0.2, 0.25) is 0 Å². The Bertz CT molecular complexity index is 669. The lowest BCUT2D eigenvalue weighted by Crippen LogP contribution is -2.43. The number of H-pyrrole nitrogens is 1. The Labute approximate surface area is 147 Å². The van der Waals surface area contributed by atoms with Gasteiger partial charge in [0.1, 0.15) is 5.75 Å². The molecular formula is C18H24N4O3. The highest BCUT2D eigenvalue weighted by atomic mass is 16.5. The zero-order valence-electron chi connectivity index (χ0n) is 14.4. The molecule has 1 aliphatic heterocycles. The maximum atomic E-state index is 12.7. The number of carbonyl (C=O) groups is 1. The van der Waals surface area contributed by atoms with Crippen molar-refractivity contribution >= 4 is 6.03 Å². The molecule has 3 rings (SSSR count). The first-order valence-electron chi connectivity index (χ1n) is 8.51. The van der Waals surface area contributed by atoms with Gasteiger partial charge in [-0.05, 0) is 25.0 Å². The minimum atomic E-state index is -0.129. The molecule has 7 nitrogen and oxygen atoms in total. The largest absolute Gasteiger partial charge is 0.496 e. The van der Waals surface area contributed by atoms with Gasteiger partial charge >= 0.3 is 6.03 Å². The summed E-state index contributed by atoms with van der Waals surface area (Å²) in [7, 11) is 1.64. The Morgan fingerprint density at radius 1 is 1.44 bits per heavy atom. The molecule has 1 aromatic carbocycles. The lowest BCUT2D eigenvalue weighted by molar-refractivity contribution is 0.0792. The zero-order chi connectivity index (χ0) is 17.5. The van der Waals surface area contributed by atoms with Crippen molar-refractivity contribution in [1.82, 2.24) is 20.4 Å². The second kappa shape index (κ2) is 8.53. The maximum Gasteiger partial charge on any atom is 0.318 e. The highest BCUT2D eigenvalue weighted by Gasteiger charge is 2.23. The van der Waals surface area contributed by atoms with Crippen LogP contribution in [0.5, 0.6) is 5.75 Å². The molecule has 1 aliphatic rings. The van der Waals surface area contributed by atoms with Gasteiger partial charge in [0, 0.05) is 24.9 Å². The minimum Gasteiger partial charge on any atom is -0.496 e. The maximum absolute atomic E-state index is 12.7. The van der Waals surface area contributed by atoms with E-state index in [1.165, 1.54) is 0 Å². The first-order chi connectivity index (χ1) is 12.3. The molecule has 1 aromatic heterocycles. The van der Waals surface area contributed by atoms with Crippen LogP contribution in [-0.4, -0.2) is 47.5 Å². The van der Waals surface area contributed by atoms with E-state index in [1.807, 2.05) is 30.3 Å². The number of rotatable bonds is 7. The van der Waals surface area contributed by atoms with Crippen molar-refractivity contribution in [1.29, 1.82) is 0 Å². The van der Waals surface area contributed by atoms with E-state index in [0.717, 1.165) is 36.5 Å². The van der Waals surface area contributed by atoms with E-state index in [-0.39, 0.29) is 12.1 Å². The molecule has 0 radical (unpaired) electrons. The van der Waals surface area contributed by atoms with E-state index in [9.17, 15) is 4.79 Å². The number of nitrogens with one attached hydrogen (secondary N) is 2. The number of ether oxygens (including phenoxy) is 2. The van der Waals surface area contributed by atoms with Crippen LogP contribution < -0.4 is 10.1 Å². The van der Waals surface area contributed by atoms with Crippen LogP contribution in [0.15, 0.2) is 36.5 Å². The summed E-state index contributed by atoms with van der Waals surface area (Å²) < 4.78 is 11.1. The van der Waals surface area contributed by atoms with Crippen molar-refractivity contribution in [2.24, 2.45) is 0 Å². The monoisotopic (exact) mass is 344 g/mol. The fourth-order valence-electron chi connectivity index (χ4n) is 2.96. The van der Waals surface area contributed by atoms with Crippen molar-refractivity contribution < 1.29 is 14.3 Å². The van der Waals surface area contributed by atoms with Crippen LogP contribution in [0, 0.1) is 0 Å². The zero-order valence-corrected chi connectivity index (χ0v) is 14.4. The molecule has 7 heteroatoms. The molecule has 0 unspecified atom stereocenters. The van der Waals surface area contributed by atoms with Gasteiger partial charge in [-0.3, -0.25) is 5.10 Å². The smallest absolute Gasteiger partial charge is 0.318 e. The van der Waals surface area contributed by atoms with Gasteiger partial charge in [0.15, 0.2) is 0 Å². The average molecular weight is 344 g/mol. The van der Waals surface area contributed by atoms with E-state index in [1.54, 1.807) is 18.2 Å². The standard InChI is InChI=1S/C18H24N4O3/c1-24-17-7-3-2-5-14(17)12-22(13-16-6-4-10-25-16)18(23)19-11-15-8-9-20-21-15/h2-3,5,7-9,16H,4,6,10-13H2,1H3,(H,19,23)(H,20,21)/t16-/m0/s1. The van der Waals surface area contributed by atoms with Crippen molar-refractivity contribution in [3.8, 4) is 5.75 Å². The predicted octanol–water partition coefficient (Wildman–Crippen LogP) is 2.31. The number of benzene rings is 1. The first-order valence-corrected chi connectivity index (χ1v) is 8.51. The molecule has 2 amide bonds. The third-order valence-corrected chi connectivity index (χ3v) is 4.28. The molecule has 1 fully saturated rings. The van der Waals surface area contributed by atoms with Gasteiger partial charge in [0.25, 0.3) is 0 Å². The van der Waals surface area contributed by atoms with E-state index in [4.69, 9.17) is 9.47 Å². The molecule has 2 heterocycles. The van der Waals surface area contributed by atoms with Crippen molar-refractivity contribution in [3.63, 3.8) is 0 Å². The number of hydrogen-bond donors (Lipinski definition) is 2. The Balaban J connectivity index is 1.68. The molecule has 0 saturated carbocycles. The lowest BCUT2D eigenvalue weighted by atomic mass is 10.1. The average Bonchev–Trinajstić information content (AvgIpc) is 3.33. The fraction of sp³-hybridized carbons (Fsp3) is 0.444. The van der Waals surface area contributed by atoms with Gasteiger partial charge < -0.3 is 19.7 Å². The van der Waals surface area contributed by atoms with Gasteiger partial charge in [-0.25, -0.2) is 4.79 Å². The number of carbonyl (C=O) groups excluding carboxylic acids is 1. The highest BCUT2D eigenvalue weighted by molar-refractivity contribution is 5.74. The third kappa shape index (κ3) is 4.73. The number of methoxy groups -OCH3 is 1. The number of hydrogen-bond acceptors (Lipinski definition) is 4. The van der Waals surface area contributed by atoms with Gasteiger partial charge in [-0.1, -0.05) is 18.2 Å². The SMILES string of the molecule is COc1ccccc1CN(C[C@@H]1CCCO1)C(=O)NCc1ccn[nH]1. The quantitative estimate of drug-likeness (QED) is 0.808. The predicted molar refractivity (Wildman–Crippen MR) is 93.2 cm³/mol. The van der Waals surface area contributed by atoms with E-state index in [0.29, 0.717) is 19.6 Å². The van der Waals surface area contributed by atoms with Gasteiger partial charge in [0.05, 0.1) is 32.0 Å². The summed E-state index contributed by atoms with van der Waals surface area (Å²) >= 11 is 0. The number of amides is 2. The molecule has 134 valence electrons. The Morgan fingerprint density at radius 3 is 3.04 bits per heavy atom. The highest BCUT2D eigenvalue weighted by Crippen LogP contribution is 2.21. The lowest BCUT2D eigenvalue weighted by Gasteiger charge is -2.26. The normalized spacial score (nSPS) is 16.6. The summed E-state index contributed by atoms with van der Waals surface area (Å²) in [4.78, 5) is 14.5. The summed E-state index contributed by atoms with van der Waals surface area (Å²) in [6.45, 7) is 2.21.